The summed E-state index contributed by atoms with van der Waals surface area (Å²) in [5.74, 6) is -0.208. The molecule has 5 rings (SSSR count). The molecule has 8 nitrogen and oxygen atoms in total. The van der Waals surface area contributed by atoms with Gasteiger partial charge in [0.1, 0.15) is 11.5 Å². The molecule has 1 fully saturated rings. The quantitative estimate of drug-likeness (QED) is 0.449. The van der Waals surface area contributed by atoms with Crippen molar-refractivity contribution in [3.05, 3.63) is 47.9 Å². The third kappa shape index (κ3) is 5.97. The van der Waals surface area contributed by atoms with Crippen LogP contribution in [-0.4, -0.2) is 82.2 Å². The Kier molecular flexibility index (Phi) is 7.35. The minimum Gasteiger partial charge on any atom is -0.354 e. The highest BCUT2D eigenvalue weighted by Crippen LogP contribution is 2.37. The molecule has 202 valence electrons. The first-order chi connectivity index (χ1) is 18.2. The van der Waals surface area contributed by atoms with Crippen LogP contribution in [0.2, 0.25) is 0 Å². The zero-order valence-corrected chi connectivity index (χ0v) is 21.0. The second-order valence-electron chi connectivity index (χ2n) is 9.60. The lowest BCUT2D eigenvalue weighted by molar-refractivity contribution is -0.149. The zero-order chi connectivity index (χ0) is 26.9. The summed E-state index contributed by atoms with van der Waals surface area (Å²) in [7, 11) is 0. The molecule has 0 aliphatic carbocycles. The van der Waals surface area contributed by atoms with Gasteiger partial charge in [0.2, 0.25) is 11.9 Å². The van der Waals surface area contributed by atoms with Crippen LogP contribution in [0.25, 0.3) is 22.6 Å². The van der Waals surface area contributed by atoms with Crippen LogP contribution in [0.1, 0.15) is 12.1 Å². The second kappa shape index (κ2) is 10.7. The molecule has 1 aromatic carbocycles. The SMILES string of the molecule is Cc1cccc(-c2nc3n(c2-c2ccc(F)c(NC(=O)CCN4CCN(CC(F)(F)F)CC4)c2)CCN3)n1. The van der Waals surface area contributed by atoms with Crippen LogP contribution in [0, 0.1) is 12.7 Å². The fraction of sp³-hybridized carbons (Fsp3) is 0.423. The Morgan fingerprint density at radius 2 is 1.82 bits per heavy atom. The van der Waals surface area contributed by atoms with Crippen molar-refractivity contribution in [1.82, 2.24) is 24.3 Å². The fourth-order valence-corrected chi connectivity index (χ4v) is 4.90. The van der Waals surface area contributed by atoms with E-state index in [9.17, 15) is 22.4 Å². The molecule has 1 amide bonds. The van der Waals surface area contributed by atoms with E-state index < -0.39 is 18.5 Å². The number of nitrogens with zero attached hydrogens (tertiary/aromatic N) is 5. The highest BCUT2D eigenvalue weighted by molar-refractivity contribution is 5.92. The number of piperazine rings is 1. The van der Waals surface area contributed by atoms with Gasteiger partial charge in [-0.25, -0.2) is 9.37 Å². The standard InChI is InChI=1S/C26H29F4N7O/c1-17-3-2-4-20(32-17)23-24(37-10-8-31-25(37)34-23)18-5-6-19(27)21(15-18)33-22(38)7-9-35-11-13-36(14-12-35)16-26(28,29)30/h2-6,15H,7-14,16H2,1H3,(H,31,34)(H,33,38). The molecule has 0 saturated carbocycles. The van der Waals surface area contributed by atoms with Gasteiger partial charge in [-0.2, -0.15) is 13.2 Å². The lowest BCUT2D eigenvalue weighted by Crippen LogP contribution is -2.49. The first-order valence-corrected chi connectivity index (χ1v) is 12.6. The third-order valence-corrected chi connectivity index (χ3v) is 6.75. The number of amides is 1. The van der Waals surface area contributed by atoms with Gasteiger partial charge >= 0.3 is 6.18 Å². The summed E-state index contributed by atoms with van der Waals surface area (Å²) in [6.07, 6.45) is -4.11. The molecule has 0 bridgehead atoms. The maximum absolute atomic E-state index is 14.7. The number of carbonyl (C=O) groups is 1. The number of fused-ring (bicyclic) bond motifs is 1. The first-order valence-electron chi connectivity index (χ1n) is 12.6. The number of pyridine rings is 1. The van der Waals surface area contributed by atoms with E-state index in [1.807, 2.05) is 34.6 Å². The molecule has 4 heterocycles. The van der Waals surface area contributed by atoms with Gasteiger partial charge in [0.15, 0.2) is 0 Å². The molecule has 0 radical (unpaired) electrons. The maximum atomic E-state index is 14.7. The number of halogens is 4. The number of carbonyl (C=O) groups excluding carboxylic acids is 1. The van der Waals surface area contributed by atoms with E-state index in [-0.39, 0.29) is 18.0 Å². The van der Waals surface area contributed by atoms with Crippen LogP contribution in [0.15, 0.2) is 36.4 Å². The van der Waals surface area contributed by atoms with Crippen molar-refractivity contribution in [2.75, 3.05) is 56.4 Å². The van der Waals surface area contributed by atoms with Gasteiger partial charge in [-0.15, -0.1) is 0 Å². The molecule has 12 heteroatoms. The predicted molar refractivity (Wildman–Crippen MR) is 136 cm³/mol. The molecule has 2 aromatic heterocycles. The molecule has 0 spiro atoms. The highest BCUT2D eigenvalue weighted by atomic mass is 19.4. The average Bonchev–Trinajstić information content (AvgIpc) is 3.46. The highest BCUT2D eigenvalue weighted by Gasteiger charge is 2.32. The molecule has 0 atom stereocenters. The molecule has 3 aromatic rings. The molecule has 2 N–H and O–H groups in total. The summed E-state index contributed by atoms with van der Waals surface area (Å²) < 4.78 is 54.5. The minimum atomic E-state index is -4.22. The van der Waals surface area contributed by atoms with Crippen molar-refractivity contribution in [2.45, 2.75) is 26.1 Å². The van der Waals surface area contributed by atoms with E-state index in [1.165, 1.54) is 11.0 Å². The lowest BCUT2D eigenvalue weighted by atomic mass is 10.1. The molecular formula is C26H29F4N7O. The number of hydrogen-bond acceptors (Lipinski definition) is 6. The average molecular weight is 532 g/mol. The van der Waals surface area contributed by atoms with Crippen molar-refractivity contribution in [3.63, 3.8) is 0 Å². The number of alkyl halides is 3. The van der Waals surface area contributed by atoms with Crippen LogP contribution in [0.3, 0.4) is 0 Å². The molecule has 2 aliphatic rings. The van der Waals surface area contributed by atoms with Gasteiger partial charge in [-0.1, -0.05) is 6.07 Å². The Hall–Kier alpha value is -3.51. The van der Waals surface area contributed by atoms with Crippen LogP contribution in [-0.2, 0) is 11.3 Å². The van der Waals surface area contributed by atoms with Gasteiger partial charge in [0.05, 0.1) is 23.6 Å². The number of nitrogens with one attached hydrogen (secondary N) is 2. The van der Waals surface area contributed by atoms with Crippen molar-refractivity contribution >= 4 is 17.5 Å². The summed E-state index contributed by atoms with van der Waals surface area (Å²) in [6, 6.07) is 10.3. The number of imidazole rings is 1. The fourth-order valence-electron chi connectivity index (χ4n) is 4.90. The van der Waals surface area contributed by atoms with E-state index >= 15 is 0 Å². The number of benzene rings is 1. The summed E-state index contributed by atoms with van der Waals surface area (Å²) in [5, 5.41) is 5.92. The number of hydrogen-bond donors (Lipinski definition) is 2. The van der Waals surface area contributed by atoms with E-state index in [1.54, 1.807) is 12.1 Å². The van der Waals surface area contributed by atoms with Crippen LogP contribution >= 0.6 is 0 Å². The summed E-state index contributed by atoms with van der Waals surface area (Å²) in [5.41, 5.74) is 3.77. The van der Waals surface area contributed by atoms with Crippen molar-refractivity contribution in [1.29, 1.82) is 0 Å². The topological polar surface area (TPSA) is 78.3 Å². The Morgan fingerprint density at radius 1 is 1.05 bits per heavy atom. The zero-order valence-electron chi connectivity index (χ0n) is 21.0. The van der Waals surface area contributed by atoms with E-state index in [2.05, 4.69) is 15.6 Å². The smallest absolute Gasteiger partial charge is 0.354 e. The normalized spacial score (nSPS) is 16.3. The maximum Gasteiger partial charge on any atom is 0.401 e. The van der Waals surface area contributed by atoms with Gasteiger partial charge < -0.3 is 20.1 Å². The van der Waals surface area contributed by atoms with Gasteiger partial charge in [0, 0.05) is 63.5 Å². The molecular weight excluding hydrogens is 502 g/mol. The summed E-state index contributed by atoms with van der Waals surface area (Å²) >= 11 is 0. The monoisotopic (exact) mass is 531 g/mol. The summed E-state index contributed by atoms with van der Waals surface area (Å²) in [4.78, 5) is 25.3. The van der Waals surface area contributed by atoms with E-state index in [0.29, 0.717) is 62.2 Å². The molecule has 38 heavy (non-hydrogen) atoms. The molecule has 1 saturated heterocycles. The number of rotatable bonds is 7. The minimum absolute atomic E-state index is 0.0622. The Balaban J connectivity index is 1.27. The van der Waals surface area contributed by atoms with Gasteiger partial charge in [-0.3, -0.25) is 14.7 Å². The van der Waals surface area contributed by atoms with Crippen molar-refractivity contribution in [2.24, 2.45) is 0 Å². The number of anilines is 2. The Bertz CT molecular complexity index is 1320. The Morgan fingerprint density at radius 3 is 2.55 bits per heavy atom. The van der Waals surface area contributed by atoms with Crippen LogP contribution < -0.4 is 10.6 Å². The van der Waals surface area contributed by atoms with Crippen LogP contribution in [0.4, 0.5) is 29.2 Å². The van der Waals surface area contributed by atoms with Crippen molar-refractivity contribution in [3.8, 4) is 22.6 Å². The van der Waals surface area contributed by atoms with Gasteiger partial charge in [-0.05, 0) is 37.3 Å². The first kappa shape index (κ1) is 26.1. The van der Waals surface area contributed by atoms with E-state index in [4.69, 9.17) is 4.98 Å². The predicted octanol–water partition coefficient (Wildman–Crippen LogP) is 3.99. The Labute approximate surface area is 217 Å². The molecule has 2 aliphatic heterocycles. The van der Waals surface area contributed by atoms with Crippen molar-refractivity contribution < 1.29 is 22.4 Å². The van der Waals surface area contributed by atoms with E-state index in [0.717, 1.165) is 17.9 Å². The lowest BCUT2D eigenvalue weighted by Gasteiger charge is -2.34. The number of aromatic nitrogens is 3. The van der Waals surface area contributed by atoms with Crippen LogP contribution in [0.5, 0.6) is 0 Å². The summed E-state index contributed by atoms with van der Waals surface area (Å²) in [6.45, 7) is 4.27. The largest absolute Gasteiger partial charge is 0.401 e. The van der Waals surface area contributed by atoms with Gasteiger partial charge in [0.25, 0.3) is 0 Å². The molecule has 0 unspecified atom stereocenters. The second-order valence-corrected chi connectivity index (χ2v) is 9.60. The third-order valence-electron chi connectivity index (χ3n) is 6.75. The number of aryl methyl sites for hydroxylation is 1.